The summed E-state index contributed by atoms with van der Waals surface area (Å²) in [6.45, 7) is 4.31. The normalized spacial score (nSPS) is 12.4. The molecule has 5 nitrogen and oxygen atoms in total. The molecule has 37 heavy (non-hydrogen) atoms. The van der Waals surface area contributed by atoms with Gasteiger partial charge in [-0.2, -0.15) is 0 Å². The zero-order valence-corrected chi connectivity index (χ0v) is 23.2. The van der Waals surface area contributed by atoms with Crippen molar-refractivity contribution in [3.8, 4) is 5.75 Å². The number of rotatable bonds is 13. The van der Waals surface area contributed by atoms with E-state index in [9.17, 15) is 9.59 Å². The van der Waals surface area contributed by atoms with Crippen LogP contribution >= 0.6 is 23.4 Å². The van der Waals surface area contributed by atoms with Gasteiger partial charge in [-0.25, -0.2) is 0 Å². The minimum absolute atomic E-state index is 0.0124. The largest absolute Gasteiger partial charge is 0.497 e. The average molecular weight is 539 g/mol. The smallest absolute Gasteiger partial charge is 0.243 e. The number of nitrogens with zero attached hydrogens (tertiary/aromatic N) is 1. The maximum Gasteiger partial charge on any atom is 0.243 e. The fraction of sp³-hybridized carbons (Fsp3) is 0.333. The molecule has 0 aliphatic carbocycles. The van der Waals surface area contributed by atoms with E-state index in [1.54, 1.807) is 18.1 Å². The van der Waals surface area contributed by atoms with E-state index in [-0.39, 0.29) is 23.6 Å². The van der Waals surface area contributed by atoms with Crippen LogP contribution in [0.1, 0.15) is 37.0 Å². The number of carbonyl (C=O) groups is 2. The number of carbonyl (C=O) groups excluding carboxylic acids is 2. The molecule has 3 aromatic rings. The zero-order valence-electron chi connectivity index (χ0n) is 21.7. The minimum atomic E-state index is -0.649. The molecule has 3 rings (SSSR count). The molecule has 0 saturated heterocycles. The zero-order chi connectivity index (χ0) is 26.6. The molecule has 7 heteroatoms. The molecule has 0 spiro atoms. The summed E-state index contributed by atoms with van der Waals surface area (Å²) in [6.07, 6.45) is 1.24. The van der Waals surface area contributed by atoms with Gasteiger partial charge in [0.1, 0.15) is 11.8 Å². The Morgan fingerprint density at radius 1 is 0.973 bits per heavy atom. The lowest BCUT2D eigenvalue weighted by molar-refractivity contribution is -0.139. The van der Waals surface area contributed by atoms with Gasteiger partial charge in [-0.15, -0.1) is 11.8 Å². The van der Waals surface area contributed by atoms with Crippen LogP contribution in [0.25, 0.3) is 0 Å². The molecule has 2 atom stereocenters. The van der Waals surface area contributed by atoms with Crippen LogP contribution in [0.2, 0.25) is 5.02 Å². The van der Waals surface area contributed by atoms with Crippen molar-refractivity contribution in [3.05, 3.63) is 101 Å². The number of benzene rings is 3. The van der Waals surface area contributed by atoms with Crippen LogP contribution in [-0.2, 0) is 28.3 Å². The highest BCUT2D eigenvalue weighted by molar-refractivity contribution is 7.99. The van der Waals surface area contributed by atoms with Gasteiger partial charge in [-0.1, -0.05) is 73.1 Å². The molecule has 0 aromatic heterocycles. The summed E-state index contributed by atoms with van der Waals surface area (Å²) in [7, 11) is 1.64. The van der Waals surface area contributed by atoms with Crippen molar-refractivity contribution >= 4 is 35.2 Å². The first-order valence-electron chi connectivity index (χ1n) is 12.5. The van der Waals surface area contributed by atoms with Crippen LogP contribution in [-0.4, -0.2) is 41.7 Å². The third-order valence-electron chi connectivity index (χ3n) is 6.17. The first-order valence-corrected chi connectivity index (χ1v) is 14.0. The third-order valence-corrected chi connectivity index (χ3v) is 7.39. The quantitative estimate of drug-likeness (QED) is 0.284. The Morgan fingerprint density at radius 3 is 2.32 bits per heavy atom. The molecular formula is C30H35ClN2O3S. The predicted molar refractivity (Wildman–Crippen MR) is 153 cm³/mol. The van der Waals surface area contributed by atoms with Gasteiger partial charge in [-0.05, 0) is 54.3 Å². The molecule has 0 aliphatic heterocycles. The third kappa shape index (κ3) is 9.13. The van der Waals surface area contributed by atoms with E-state index < -0.39 is 6.04 Å². The van der Waals surface area contributed by atoms with Crippen molar-refractivity contribution in [3.63, 3.8) is 0 Å². The molecule has 3 aromatic carbocycles. The molecule has 0 heterocycles. The van der Waals surface area contributed by atoms with E-state index in [1.165, 1.54) is 11.8 Å². The maximum atomic E-state index is 13.7. The van der Waals surface area contributed by atoms with Crippen LogP contribution in [0, 0.1) is 0 Å². The molecule has 0 unspecified atom stereocenters. The van der Waals surface area contributed by atoms with Crippen molar-refractivity contribution in [1.29, 1.82) is 0 Å². The minimum Gasteiger partial charge on any atom is -0.497 e. The second kappa shape index (κ2) is 14.7. The van der Waals surface area contributed by atoms with Crippen molar-refractivity contribution in [2.75, 3.05) is 12.9 Å². The van der Waals surface area contributed by atoms with Crippen LogP contribution < -0.4 is 10.1 Å². The van der Waals surface area contributed by atoms with Crippen molar-refractivity contribution in [2.24, 2.45) is 0 Å². The monoisotopic (exact) mass is 538 g/mol. The number of ether oxygens (including phenoxy) is 1. The standard InChI is InChI=1S/C30H35ClN2O3S/c1-4-22(2)32-30(35)28(18-23-9-6-5-7-10-23)33(19-25-11-8-12-26(31)17-25)29(34)21-37-20-24-13-15-27(36-3)16-14-24/h5-17,22,28H,4,18-21H2,1-3H3,(H,32,35)/t22-,28-/m0/s1. The highest BCUT2D eigenvalue weighted by Crippen LogP contribution is 2.21. The molecule has 1 N–H and O–H groups in total. The molecule has 2 amide bonds. The number of amides is 2. The Labute approximate surface area is 229 Å². The fourth-order valence-corrected chi connectivity index (χ4v) is 4.97. The lowest BCUT2D eigenvalue weighted by Crippen LogP contribution is -2.52. The van der Waals surface area contributed by atoms with Gasteiger partial charge in [-0.3, -0.25) is 9.59 Å². The number of thioether (sulfide) groups is 1. The number of halogens is 1. The van der Waals surface area contributed by atoms with E-state index in [4.69, 9.17) is 16.3 Å². The molecule has 0 aliphatic rings. The van der Waals surface area contributed by atoms with E-state index in [0.29, 0.717) is 23.7 Å². The Hall–Kier alpha value is -2.96. The Morgan fingerprint density at radius 2 is 1.68 bits per heavy atom. The summed E-state index contributed by atoms with van der Waals surface area (Å²) in [6, 6.07) is 24.5. The van der Waals surface area contributed by atoms with Crippen molar-refractivity contribution in [2.45, 2.75) is 51.1 Å². The van der Waals surface area contributed by atoms with Gasteiger partial charge >= 0.3 is 0 Å². The predicted octanol–water partition coefficient (Wildman–Crippen LogP) is 6.14. The second-order valence-corrected chi connectivity index (χ2v) is 10.4. The van der Waals surface area contributed by atoms with Gasteiger partial charge in [0.05, 0.1) is 12.9 Å². The number of nitrogens with one attached hydrogen (secondary N) is 1. The van der Waals surface area contributed by atoms with Gasteiger partial charge in [0.15, 0.2) is 0 Å². The molecular weight excluding hydrogens is 504 g/mol. The highest BCUT2D eigenvalue weighted by atomic mass is 35.5. The number of hydrogen-bond donors (Lipinski definition) is 1. The number of hydrogen-bond acceptors (Lipinski definition) is 4. The van der Waals surface area contributed by atoms with E-state index in [1.807, 2.05) is 86.6 Å². The lowest BCUT2D eigenvalue weighted by Gasteiger charge is -2.32. The van der Waals surface area contributed by atoms with E-state index >= 15 is 0 Å². The summed E-state index contributed by atoms with van der Waals surface area (Å²) >= 11 is 7.78. The summed E-state index contributed by atoms with van der Waals surface area (Å²) in [5.74, 6) is 1.51. The molecule has 0 radical (unpaired) electrons. The molecule has 0 fully saturated rings. The molecule has 0 saturated carbocycles. The Balaban J connectivity index is 1.83. The van der Waals surface area contributed by atoms with Crippen LogP contribution in [0.4, 0.5) is 0 Å². The van der Waals surface area contributed by atoms with Crippen molar-refractivity contribution in [1.82, 2.24) is 10.2 Å². The summed E-state index contributed by atoms with van der Waals surface area (Å²) < 4.78 is 5.23. The first-order chi connectivity index (χ1) is 17.9. The summed E-state index contributed by atoms with van der Waals surface area (Å²) in [5.41, 5.74) is 2.99. The van der Waals surface area contributed by atoms with Gasteiger partial charge in [0, 0.05) is 29.8 Å². The van der Waals surface area contributed by atoms with Gasteiger partial charge in [0.25, 0.3) is 0 Å². The van der Waals surface area contributed by atoms with E-state index in [0.717, 1.165) is 28.9 Å². The summed E-state index contributed by atoms with van der Waals surface area (Å²) in [5, 5.41) is 3.70. The maximum absolute atomic E-state index is 13.7. The molecule has 0 bridgehead atoms. The van der Waals surface area contributed by atoms with Crippen LogP contribution in [0.3, 0.4) is 0 Å². The Bertz CT molecular complexity index is 1140. The Kier molecular flexibility index (Phi) is 11.4. The second-order valence-electron chi connectivity index (χ2n) is 9.02. The molecule has 196 valence electrons. The van der Waals surface area contributed by atoms with Crippen molar-refractivity contribution < 1.29 is 14.3 Å². The number of methoxy groups -OCH3 is 1. The highest BCUT2D eigenvalue weighted by Gasteiger charge is 2.30. The first kappa shape index (κ1) is 28.6. The topological polar surface area (TPSA) is 58.6 Å². The average Bonchev–Trinajstić information content (AvgIpc) is 2.91. The SMILES string of the molecule is CC[C@H](C)NC(=O)[C@H](Cc1ccccc1)N(Cc1cccc(Cl)c1)C(=O)CSCc1ccc(OC)cc1. The lowest BCUT2D eigenvalue weighted by atomic mass is 10.0. The van der Waals surface area contributed by atoms with Crippen LogP contribution in [0.15, 0.2) is 78.9 Å². The van der Waals surface area contributed by atoms with Crippen LogP contribution in [0.5, 0.6) is 5.75 Å². The van der Waals surface area contributed by atoms with Gasteiger partial charge in [0.2, 0.25) is 11.8 Å². The fourth-order valence-electron chi connectivity index (χ4n) is 3.89. The van der Waals surface area contributed by atoms with E-state index in [2.05, 4.69) is 5.32 Å². The summed E-state index contributed by atoms with van der Waals surface area (Å²) in [4.78, 5) is 28.9. The van der Waals surface area contributed by atoms with Gasteiger partial charge < -0.3 is 15.0 Å².